The van der Waals surface area contributed by atoms with Crippen LogP contribution in [0.3, 0.4) is 0 Å². The van der Waals surface area contributed by atoms with Crippen LogP contribution in [-0.4, -0.2) is 18.6 Å². The number of nitrogens with one attached hydrogen (secondary N) is 1. The van der Waals surface area contributed by atoms with Crippen molar-refractivity contribution in [3.63, 3.8) is 0 Å². The fourth-order valence-corrected chi connectivity index (χ4v) is 2.85. The van der Waals surface area contributed by atoms with Crippen LogP contribution in [0.4, 0.5) is 15.9 Å². The number of nitrogens with zero attached hydrogens (tertiary/aromatic N) is 2. The van der Waals surface area contributed by atoms with Gasteiger partial charge in [0.25, 0.3) is 0 Å². The van der Waals surface area contributed by atoms with Crippen molar-refractivity contribution < 1.29 is 4.39 Å². The van der Waals surface area contributed by atoms with Gasteiger partial charge in [0.2, 0.25) is 0 Å². The number of hydrogen-bond acceptors (Lipinski definition) is 3. The molecule has 0 atom stereocenters. The fraction of sp³-hybridized carbons (Fsp3) is 0.353. The van der Waals surface area contributed by atoms with E-state index in [1.165, 1.54) is 17.2 Å². The summed E-state index contributed by atoms with van der Waals surface area (Å²) >= 11 is 0. The minimum absolute atomic E-state index is 0.192. The van der Waals surface area contributed by atoms with Gasteiger partial charge in [0.05, 0.1) is 0 Å². The van der Waals surface area contributed by atoms with E-state index in [2.05, 4.69) is 29.3 Å². The van der Waals surface area contributed by atoms with E-state index in [1.54, 1.807) is 6.07 Å². The van der Waals surface area contributed by atoms with Gasteiger partial charge in [-0.15, -0.1) is 0 Å². The van der Waals surface area contributed by atoms with Crippen LogP contribution >= 0.6 is 0 Å². The number of fused-ring (bicyclic) bond motifs is 1. The van der Waals surface area contributed by atoms with E-state index >= 15 is 0 Å². The van der Waals surface area contributed by atoms with Crippen molar-refractivity contribution in [1.29, 1.82) is 0 Å². The lowest BCUT2D eigenvalue weighted by molar-refractivity contribution is 0.628. The first kappa shape index (κ1) is 14.0. The summed E-state index contributed by atoms with van der Waals surface area (Å²) in [5.74, 6) is 0.728. The Bertz CT molecular complexity index is 654. The third kappa shape index (κ3) is 2.76. The summed E-state index contributed by atoms with van der Waals surface area (Å²) in [6, 6.07) is 9.24. The molecule has 0 amide bonds. The standard InChI is InChI=1S/C17H20FN3/c1-3-15-8-12(11-19-2)9-17(20-15)21-7-6-13-4-5-14(18)10-16(13)21/h4-5,8-10,19H,3,6-7,11H2,1-2H3. The zero-order valence-corrected chi connectivity index (χ0v) is 12.5. The Balaban J connectivity index is 2.02. The monoisotopic (exact) mass is 285 g/mol. The third-order valence-corrected chi connectivity index (χ3v) is 3.89. The summed E-state index contributed by atoms with van der Waals surface area (Å²) in [6.07, 6.45) is 1.84. The van der Waals surface area contributed by atoms with E-state index in [0.717, 1.165) is 43.1 Å². The molecule has 1 aromatic carbocycles. The number of benzene rings is 1. The van der Waals surface area contributed by atoms with Gasteiger partial charge in [-0.25, -0.2) is 9.37 Å². The van der Waals surface area contributed by atoms with E-state index in [9.17, 15) is 4.39 Å². The molecule has 1 aliphatic heterocycles. The molecule has 0 bridgehead atoms. The number of anilines is 2. The minimum Gasteiger partial charge on any atom is -0.326 e. The molecule has 3 nitrogen and oxygen atoms in total. The van der Waals surface area contributed by atoms with Crippen LogP contribution in [0.15, 0.2) is 30.3 Å². The molecule has 0 saturated heterocycles. The molecule has 2 aromatic rings. The maximum Gasteiger partial charge on any atom is 0.133 e. The number of rotatable bonds is 4. The second-order valence-corrected chi connectivity index (χ2v) is 5.38. The van der Waals surface area contributed by atoms with Crippen molar-refractivity contribution in [2.45, 2.75) is 26.3 Å². The fourth-order valence-electron chi connectivity index (χ4n) is 2.85. The van der Waals surface area contributed by atoms with Gasteiger partial charge in [0.1, 0.15) is 11.6 Å². The predicted octanol–water partition coefficient (Wildman–Crippen LogP) is 3.20. The Labute approximate surface area is 124 Å². The van der Waals surface area contributed by atoms with Crippen LogP contribution in [0.1, 0.15) is 23.7 Å². The first-order chi connectivity index (χ1) is 10.2. The first-order valence-corrected chi connectivity index (χ1v) is 7.41. The molecule has 1 N–H and O–H groups in total. The van der Waals surface area contributed by atoms with E-state index in [4.69, 9.17) is 4.98 Å². The van der Waals surface area contributed by atoms with E-state index < -0.39 is 0 Å². The summed E-state index contributed by atoms with van der Waals surface area (Å²) < 4.78 is 13.5. The Kier molecular flexibility index (Phi) is 3.88. The van der Waals surface area contributed by atoms with E-state index in [0.29, 0.717) is 0 Å². The van der Waals surface area contributed by atoms with E-state index in [-0.39, 0.29) is 5.82 Å². The lowest BCUT2D eigenvalue weighted by Crippen LogP contribution is -2.17. The average Bonchev–Trinajstić information content (AvgIpc) is 2.90. The van der Waals surface area contributed by atoms with Crippen LogP contribution in [0, 0.1) is 5.82 Å². The molecule has 1 aromatic heterocycles. The average molecular weight is 285 g/mol. The lowest BCUT2D eigenvalue weighted by atomic mass is 10.1. The molecule has 0 unspecified atom stereocenters. The topological polar surface area (TPSA) is 28.2 Å². The molecule has 4 heteroatoms. The molecule has 0 saturated carbocycles. The van der Waals surface area contributed by atoms with Crippen molar-refractivity contribution in [2.75, 3.05) is 18.5 Å². The molecule has 110 valence electrons. The summed E-state index contributed by atoms with van der Waals surface area (Å²) in [6.45, 7) is 3.77. The van der Waals surface area contributed by atoms with Gasteiger partial charge in [-0.3, -0.25) is 0 Å². The number of hydrogen-bond donors (Lipinski definition) is 1. The molecule has 0 fully saturated rings. The van der Waals surface area contributed by atoms with Crippen LogP contribution in [0.25, 0.3) is 0 Å². The smallest absolute Gasteiger partial charge is 0.133 e. The molecule has 0 aliphatic carbocycles. The van der Waals surface area contributed by atoms with Crippen LogP contribution in [0.2, 0.25) is 0 Å². The zero-order chi connectivity index (χ0) is 14.8. The first-order valence-electron chi connectivity index (χ1n) is 7.41. The molecule has 3 rings (SSSR count). The van der Waals surface area contributed by atoms with Crippen molar-refractivity contribution in [3.05, 3.63) is 53.0 Å². The van der Waals surface area contributed by atoms with Crippen molar-refractivity contribution in [2.24, 2.45) is 0 Å². The van der Waals surface area contributed by atoms with Gasteiger partial charge in [-0.1, -0.05) is 13.0 Å². The number of halogens is 1. The van der Waals surface area contributed by atoms with Gasteiger partial charge in [-0.05, 0) is 55.3 Å². The third-order valence-electron chi connectivity index (χ3n) is 3.89. The Morgan fingerprint density at radius 2 is 2.14 bits per heavy atom. The highest BCUT2D eigenvalue weighted by Crippen LogP contribution is 2.34. The molecule has 21 heavy (non-hydrogen) atoms. The van der Waals surface area contributed by atoms with Crippen LogP contribution in [-0.2, 0) is 19.4 Å². The maximum atomic E-state index is 13.5. The van der Waals surface area contributed by atoms with Crippen molar-refractivity contribution >= 4 is 11.5 Å². The van der Waals surface area contributed by atoms with Crippen LogP contribution in [0.5, 0.6) is 0 Å². The molecular weight excluding hydrogens is 265 g/mol. The van der Waals surface area contributed by atoms with Crippen molar-refractivity contribution in [1.82, 2.24) is 10.3 Å². The highest BCUT2D eigenvalue weighted by molar-refractivity contribution is 5.68. The largest absolute Gasteiger partial charge is 0.326 e. The molecule has 2 heterocycles. The SMILES string of the molecule is CCc1cc(CNC)cc(N2CCc3ccc(F)cc32)n1. The molecular formula is C17H20FN3. The number of aromatic nitrogens is 1. The Morgan fingerprint density at radius 1 is 1.29 bits per heavy atom. The zero-order valence-electron chi connectivity index (χ0n) is 12.5. The second kappa shape index (κ2) is 5.82. The second-order valence-electron chi connectivity index (χ2n) is 5.38. The van der Waals surface area contributed by atoms with E-state index in [1.807, 2.05) is 13.1 Å². The van der Waals surface area contributed by atoms with Gasteiger partial charge in [0, 0.05) is 24.5 Å². The summed E-state index contributed by atoms with van der Waals surface area (Å²) in [7, 11) is 1.94. The normalized spacial score (nSPS) is 13.6. The predicted molar refractivity (Wildman–Crippen MR) is 83.5 cm³/mol. The molecule has 0 radical (unpaired) electrons. The van der Waals surface area contributed by atoms with Crippen LogP contribution < -0.4 is 10.2 Å². The Hall–Kier alpha value is -1.94. The maximum absolute atomic E-state index is 13.5. The quantitative estimate of drug-likeness (QED) is 0.935. The van der Waals surface area contributed by atoms with Crippen molar-refractivity contribution in [3.8, 4) is 0 Å². The van der Waals surface area contributed by atoms with Gasteiger partial charge >= 0.3 is 0 Å². The van der Waals surface area contributed by atoms with Gasteiger partial charge in [0.15, 0.2) is 0 Å². The Morgan fingerprint density at radius 3 is 2.90 bits per heavy atom. The lowest BCUT2D eigenvalue weighted by Gasteiger charge is -2.20. The summed E-state index contributed by atoms with van der Waals surface area (Å²) in [5, 5.41) is 3.18. The summed E-state index contributed by atoms with van der Waals surface area (Å²) in [5.41, 5.74) is 4.42. The summed E-state index contributed by atoms with van der Waals surface area (Å²) in [4.78, 5) is 6.84. The highest BCUT2D eigenvalue weighted by Gasteiger charge is 2.22. The molecule has 0 spiro atoms. The van der Waals surface area contributed by atoms with Gasteiger partial charge in [-0.2, -0.15) is 0 Å². The highest BCUT2D eigenvalue weighted by atomic mass is 19.1. The minimum atomic E-state index is -0.192. The van der Waals surface area contributed by atoms with Gasteiger partial charge < -0.3 is 10.2 Å². The molecule has 1 aliphatic rings. The number of aryl methyl sites for hydroxylation is 1. The number of pyridine rings is 1.